The van der Waals surface area contributed by atoms with Gasteiger partial charge >= 0.3 is 0 Å². The van der Waals surface area contributed by atoms with Crippen LogP contribution in [0, 0.1) is 55.4 Å². The molecule has 0 N–H and O–H groups in total. The van der Waals surface area contributed by atoms with Crippen molar-refractivity contribution < 1.29 is 21.5 Å². The third-order valence-electron chi connectivity index (χ3n) is 8.17. The molecular weight excluding hydrogens is 781 g/mol. The van der Waals surface area contributed by atoms with E-state index in [0.29, 0.717) is 21.3 Å². The lowest BCUT2D eigenvalue weighted by molar-refractivity contribution is 0.482. The van der Waals surface area contributed by atoms with E-state index in [-0.39, 0.29) is 22.3 Å². The maximum absolute atomic E-state index is 12.0. The van der Waals surface area contributed by atoms with Crippen LogP contribution in [-0.4, -0.2) is 8.42 Å². The molecule has 318 valence electrons. The molecule has 2 unspecified atom stereocenters. The Bertz CT molecular complexity index is 2320. The van der Waals surface area contributed by atoms with Crippen molar-refractivity contribution in [1.29, 1.82) is 0 Å². The molecule has 0 radical (unpaired) electrons. The number of benzene rings is 7. The molecule has 2 atom stereocenters. The fourth-order valence-corrected chi connectivity index (χ4v) is 6.72. The minimum Gasteiger partial charge on any atom is -0.457 e. The van der Waals surface area contributed by atoms with E-state index in [4.69, 9.17) is 13.1 Å². The molecule has 0 aliphatic carbocycles. The summed E-state index contributed by atoms with van der Waals surface area (Å²) in [4.78, 5) is 1.36. The Morgan fingerprint density at radius 1 is 0.300 bits per heavy atom. The van der Waals surface area contributed by atoms with Gasteiger partial charge in [0, 0.05) is 0 Å². The molecule has 0 aliphatic heterocycles. The van der Waals surface area contributed by atoms with Gasteiger partial charge in [0.15, 0.2) is 0 Å². The topological polar surface area (TPSA) is 61.8 Å². The first-order valence-electron chi connectivity index (χ1n) is 18.6. The fraction of sp³-hybridized carbons (Fsp3) is 0.208. The van der Waals surface area contributed by atoms with Crippen molar-refractivity contribution in [1.82, 2.24) is 0 Å². The van der Waals surface area contributed by atoms with E-state index >= 15 is 0 Å². The smallest absolute Gasteiger partial charge is 0.240 e. The fourth-order valence-electron chi connectivity index (χ4n) is 5.13. The molecule has 5 nitrogen and oxygen atoms in total. The molecule has 7 aromatic carbocycles. The molecule has 0 aromatic heterocycles. The Hall–Kier alpha value is -5.76. The number of hydrogen-bond donors (Lipinski definition) is 0. The summed E-state index contributed by atoms with van der Waals surface area (Å²) in [7, 11) is 0. The van der Waals surface area contributed by atoms with Gasteiger partial charge in [-0.25, -0.2) is 8.42 Å². The van der Waals surface area contributed by atoms with Gasteiger partial charge in [-0.15, -0.1) is 0 Å². The molecule has 60 heavy (non-hydrogen) atoms. The summed E-state index contributed by atoms with van der Waals surface area (Å²) in [6, 6.07) is 54.6. The van der Waals surface area contributed by atoms with Crippen molar-refractivity contribution in [3.63, 3.8) is 0 Å². The average Bonchev–Trinajstić information content (AvgIpc) is 3.18. The first kappa shape index (κ1) is 52.3. The summed E-state index contributed by atoms with van der Waals surface area (Å²) in [5.41, 5.74) is 9.58. The van der Waals surface area contributed by atoms with Gasteiger partial charge < -0.3 is 13.1 Å². The minimum atomic E-state index is -1.45. The standard InChI is InChI=1S/2C14H14O2S.C14H14O.C8H10.3CH4/c1-11-3-7-13(8-4-11)16-17(15)14-9-5-12(2)6-10-14;1-11-5-3-7-13(9-11)16-17(15)14-8-4-6-12(2)10-14;1-11-6-8-13(9-7-11)15-14-5-3-4-12(2)10-14;1-7-4-3-5-8(2)6-7;;;/h2*3-10H,1-2H3;3-10H,1-2H3;3-6H,1-2H3;3*1H4. The van der Waals surface area contributed by atoms with E-state index in [0.717, 1.165) is 33.8 Å². The monoisotopic (exact) mass is 844 g/mol. The highest BCUT2D eigenvalue weighted by atomic mass is 32.2. The zero-order valence-corrected chi connectivity index (χ0v) is 35.7. The SMILES string of the molecule is C.C.C.Cc1ccc(OS(=O)c2ccc(C)cc2)cc1.Cc1ccc(Oc2cccc(C)c2)cc1.Cc1cccc(C)c1.Cc1cccc(OS(=O)c2cccc(C)c2)c1. The average molecular weight is 845 g/mol. The summed E-state index contributed by atoms with van der Waals surface area (Å²) in [6.45, 7) is 16.3. The van der Waals surface area contributed by atoms with E-state index in [9.17, 15) is 8.42 Å². The zero-order valence-electron chi connectivity index (χ0n) is 34.0. The number of rotatable bonds is 8. The van der Waals surface area contributed by atoms with Crippen LogP contribution in [0.4, 0.5) is 0 Å². The highest BCUT2D eigenvalue weighted by Crippen LogP contribution is 2.22. The molecule has 0 fully saturated rings. The molecule has 7 aromatic rings. The molecule has 7 heteroatoms. The van der Waals surface area contributed by atoms with E-state index in [2.05, 4.69) is 58.0 Å². The highest BCUT2D eigenvalue weighted by molar-refractivity contribution is 7.80. The maximum atomic E-state index is 12.0. The molecule has 0 heterocycles. The first-order chi connectivity index (χ1) is 27.3. The molecule has 0 saturated carbocycles. The van der Waals surface area contributed by atoms with E-state index in [1.165, 1.54) is 22.3 Å². The Morgan fingerprint density at radius 2 is 0.650 bits per heavy atom. The molecule has 0 aliphatic rings. The van der Waals surface area contributed by atoms with Gasteiger partial charge in [0.2, 0.25) is 22.2 Å². The van der Waals surface area contributed by atoms with Crippen molar-refractivity contribution in [2.45, 2.75) is 87.5 Å². The summed E-state index contributed by atoms with van der Waals surface area (Å²) in [5.74, 6) is 3.02. The highest BCUT2D eigenvalue weighted by Gasteiger charge is 2.07. The second kappa shape index (κ2) is 27.1. The van der Waals surface area contributed by atoms with Crippen LogP contribution in [0.1, 0.15) is 66.8 Å². The van der Waals surface area contributed by atoms with Gasteiger partial charge in [-0.05, 0) is 145 Å². The van der Waals surface area contributed by atoms with Gasteiger partial charge in [0.25, 0.3) is 0 Å². The van der Waals surface area contributed by atoms with Crippen LogP contribution in [0.2, 0.25) is 0 Å². The largest absolute Gasteiger partial charge is 0.457 e. The third-order valence-corrected chi connectivity index (χ3v) is 10.2. The van der Waals surface area contributed by atoms with Gasteiger partial charge in [-0.3, -0.25) is 0 Å². The van der Waals surface area contributed by atoms with Crippen molar-refractivity contribution in [3.8, 4) is 23.0 Å². The Balaban J connectivity index is 0.000000404. The maximum Gasteiger partial charge on any atom is 0.240 e. The lowest BCUT2D eigenvalue weighted by Crippen LogP contribution is -2.01. The Morgan fingerprint density at radius 3 is 1.10 bits per heavy atom. The predicted molar refractivity (Wildman–Crippen MR) is 257 cm³/mol. The summed E-state index contributed by atoms with van der Waals surface area (Å²) < 4.78 is 40.4. The molecular formula is C53H64O5S2. The molecule has 7 rings (SSSR count). The van der Waals surface area contributed by atoms with E-state index in [1.807, 2.05) is 155 Å². The summed E-state index contributed by atoms with van der Waals surface area (Å²) in [6.07, 6.45) is 0. The van der Waals surface area contributed by atoms with Crippen LogP contribution < -0.4 is 13.1 Å². The van der Waals surface area contributed by atoms with Crippen LogP contribution >= 0.6 is 0 Å². The summed E-state index contributed by atoms with van der Waals surface area (Å²) in [5, 5.41) is 0. The van der Waals surface area contributed by atoms with Crippen molar-refractivity contribution in [2.24, 2.45) is 0 Å². The Kier molecular flexibility index (Phi) is 23.6. The second-order valence-electron chi connectivity index (χ2n) is 13.8. The second-order valence-corrected chi connectivity index (χ2v) is 16.0. The minimum absolute atomic E-state index is 0. The van der Waals surface area contributed by atoms with Crippen molar-refractivity contribution in [2.75, 3.05) is 0 Å². The molecule has 0 bridgehead atoms. The number of hydrogen-bond acceptors (Lipinski definition) is 5. The first-order valence-corrected chi connectivity index (χ1v) is 20.8. The quantitative estimate of drug-likeness (QED) is 0.152. The lowest BCUT2D eigenvalue weighted by atomic mass is 10.2. The van der Waals surface area contributed by atoms with Crippen molar-refractivity contribution >= 4 is 22.2 Å². The van der Waals surface area contributed by atoms with E-state index in [1.54, 1.807) is 12.1 Å². The normalized spacial score (nSPS) is 10.6. The van der Waals surface area contributed by atoms with Gasteiger partial charge in [-0.1, -0.05) is 147 Å². The van der Waals surface area contributed by atoms with Gasteiger partial charge in [0.05, 0.1) is 9.79 Å². The Labute approximate surface area is 366 Å². The lowest BCUT2D eigenvalue weighted by Gasteiger charge is -2.06. The van der Waals surface area contributed by atoms with Gasteiger partial charge in [0.1, 0.15) is 23.0 Å². The van der Waals surface area contributed by atoms with Crippen LogP contribution in [0.5, 0.6) is 23.0 Å². The molecule has 0 amide bonds. The van der Waals surface area contributed by atoms with E-state index < -0.39 is 22.2 Å². The number of aryl methyl sites for hydroxylation is 8. The van der Waals surface area contributed by atoms with Crippen LogP contribution in [0.15, 0.2) is 180 Å². The van der Waals surface area contributed by atoms with Crippen LogP contribution in [-0.2, 0) is 22.2 Å². The predicted octanol–water partition coefficient (Wildman–Crippen LogP) is 15.1. The molecule has 0 spiro atoms. The van der Waals surface area contributed by atoms with Crippen LogP contribution in [0.3, 0.4) is 0 Å². The number of ether oxygens (including phenoxy) is 1. The van der Waals surface area contributed by atoms with Crippen LogP contribution in [0.25, 0.3) is 0 Å². The molecule has 0 saturated heterocycles. The zero-order chi connectivity index (χ0) is 41.2. The third kappa shape index (κ3) is 19.3. The van der Waals surface area contributed by atoms with Gasteiger partial charge in [-0.2, -0.15) is 0 Å². The summed E-state index contributed by atoms with van der Waals surface area (Å²) >= 11 is -2.90. The van der Waals surface area contributed by atoms with Crippen molar-refractivity contribution in [3.05, 3.63) is 214 Å².